The van der Waals surface area contributed by atoms with Crippen molar-refractivity contribution in [3.63, 3.8) is 0 Å². The van der Waals surface area contributed by atoms with E-state index in [0.29, 0.717) is 6.04 Å². The van der Waals surface area contributed by atoms with Crippen LogP contribution in [0.2, 0.25) is 0 Å². The molecule has 3 rings (SSSR count). The minimum Gasteiger partial charge on any atom is -0.385 e. The fourth-order valence-corrected chi connectivity index (χ4v) is 3.66. The van der Waals surface area contributed by atoms with Crippen LogP contribution in [0.25, 0.3) is 11.1 Å². The summed E-state index contributed by atoms with van der Waals surface area (Å²) in [4.78, 5) is 2.49. The Labute approximate surface area is 150 Å². The molecule has 1 aliphatic heterocycles. The number of nitrogens with zero attached hydrogens (tertiary/aromatic N) is 1. The van der Waals surface area contributed by atoms with Crippen LogP contribution in [-0.4, -0.2) is 29.1 Å². The number of rotatable bonds is 5. The molecule has 1 aliphatic rings. The summed E-state index contributed by atoms with van der Waals surface area (Å²) in [5.41, 5.74) is 2.11. The van der Waals surface area contributed by atoms with E-state index in [1.54, 1.807) is 12.1 Å². The highest BCUT2D eigenvalue weighted by Gasteiger charge is 2.26. The maximum Gasteiger partial charge on any atom is 0.123 e. The van der Waals surface area contributed by atoms with Crippen LogP contribution in [0.5, 0.6) is 0 Å². The first-order chi connectivity index (χ1) is 12.0. The lowest BCUT2D eigenvalue weighted by molar-refractivity contribution is 0.0270. The number of halogens is 1. The molecule has 134 valence electrons. The van der Waals surface area contributed by atoms with Crippen LogP contribution in [0.3, 0.4) is 0 Å². The molecule has 2 aromatic rings. The number of aliphatic hydroxyl groups is 1. The Morgan fingerprint density at radius 3 is 2.24 bits per heavy atom. The molecule has 0 saturated carbocycles. The summed E-state index contributed by atoms with van der Waals surface area (Å²) < 4.78 is 13.1. The second-order valence-electron chi connectivity index (χ2n) is 7.49. The van der Waals surface area contributed by atoms with Gasteiger partial charge in [-0.1, -0.05) is 42.8 Å². The SMILES string of the molecule is CC1CCCCN1CCC(C)(O)c1ccc(-c2ccc(F)cc2)cc1. The Balaban J connectivity index is 1.66. The largest absolute Gasteiger partial charge is 0.385 e. The predicted octanol–water partition coefficient (Wildman–Crippen LogP) is 4.96. The lowest BCUT2D eigenvalue weighted by Crippen LogP contribution is -2.40. The summed E-state index contributed by atoms with van der Waals surface area (Å²) in [6.07, 6.45) is 4.57. The molecular weight excluding hydrogens is 313 g/mol. The van der Waals surface area contributed by atoms with Crippen LogP contribution < -0.4 is 0 Å². The first kappa shape index (κ1) is 18.1. The van der Waals surface area contributed by atoms with Gasteiger partial charge in [0.15, 0.2) is 0 Å². The summed E-state index contributed by atoms with van der Waals surface area (Å²) in [6, 6.07) is 15.1. The van der Waals surface area contributed by atoms with Crippen molar-refractivity contribution in [2.45, 2.75) is 51.2 Å². The van der Waals surface area contributed by atoms with Gasteiger partial charge in [-0.25, -0.2) is 4.39 Å². The van der Waals surface area contributed by atoms with E-state index in [9.17, 15) is 9.50 Å². The average Bonchev–Trinajstić information content (AvgIpc) is 2.62. The fraction of sp³-hybridized carbons (Fsp3) is 0.455. The van der Waals surface area contributed by atoms with Gasteiger partial charge in [0.1, 0.15) is 5.82 Å². The van der Waals surface area contributed by atoms with Gasteiger partial charge in [-0.3, -0.25) is 0 Å². The second kappa shape index (κ2) is 7.67. The highest BCUT2D eigenvalue weighted by molar-refractivity contribution is 5.63. The first-order valence-corrected chi connectivity index (χ1v) is 9.29. The third-order valence-corrected chi connectivity index (χ3v) is 5.51. The van der Waals surface area contributed by atoms with E-state index < -0.39 is 5.60 Å². The van der Waals surface area contributed by atoms with Gasteiger partial charge in [0.05, 0.1) is 5.60 Å². The van der Waals surface area contributed by atoms with Crippen molar-refractivity contribution < 1.29 is 9.50 Å². The summed E-state index contributed by atoms with van der Waals surface area (Å²) in [7, 11) is 0. The first-order valence-electron chi connectivity index (χ1n) is 9.29. The van der Waals surface area contributed by atoms with E-state index in [1.807, 2.05) is 31.2 Å². The third kappa shape index (κ3) is 4.47. The van der Waals surface area contributed by atoms with Gasteiger partial charge in [0, 0.05) is 12.6 Å². The monoisotopic (exact) mass is 341 g/mol. The highest BCUT2D eigenvalue weighted by Crippen LogP contribution is 2.29. The molecule has 0 aliphatic carbocycles. The van der Waals surface area contributed by atoms with Crippen LogP contribution in [0, 0.1) is 5.82 Å². The topological polar surface area (TPSA) is 23.5 Å². The lowest BCUT2D eigenvalue weighted by atomic mass is 9.90. The van der Waals surface area contributed by atoms with Crippen molar-refractivity contribution in [1.29, 1.82) is 0 Å². The average molecular weight is 341 g/mol. The molecule has 1 heterocycles. The molecule has 1 fully saturated rings. The Bertz CT molecular complexity index is 678. The summed E-state index contributed by atoms with van der Waals surface area (Å²) >= 11 is 0. The molecule has 2 atom stereocenters. The molecule has 0 spiro atoms. The molecule has 2 aromatic carbocycles. The molecule has 0 amide bonds. The van der Waals surface area contributed by atoms with Crippen molar-refractivity contribution in [3.05, 3.63) is 59.9 Å². The number of hydrogen-bond acceptors (Lipinski definition) is 2. The minimum absolute atomic E-state index is 0.227. The van der Waals surface area contributed by atoms with Gasteiger partial charge in [0.25, 0.3) is 0 Å². The van der Waals surface area contributed by atoms with Gasteiger partial charge in [-0.2, -0.15) is 0 Å². The molecule has 0 radical (unpaired) electrons. The molecule has 0 aromatic heterocycles. The maximum absolute atomic E-state index is 13.1. The molecule has 0 bridgehead atoms. The van der Waals surface area contributed by atoms with Gasteiger partial charge in [-0.15, -0.1) is 0 Å². The van der Waals surface area contributed by atoms with E-state index >= 15 is 0 Å². The van der Waals surface area contributed by atoms with Gasteiger partial charge in [-0.05, 0) is 68.5 Å². The smallest absolute Gasteiger partial charge is 0.123 e. The Hall–Kier alpha value is -1.71. The van der Waals surface area contributed by atoms with E-state index in [0.717, 1.165) is 36.2 Å². The third-order valence-electron chi connectivity index (χ3n) is 5.51. The summed E-state index contributed by atoms with van der Waals surface area (Å²) in [6.45, 7) is 6.24. The Morgan fingerprint density at radius 1 is 1.04 bits per heavy atom. The van der Waals surface area contributed by atoms with E-state index in [2.05, 4.69) is 11.8 Å². The zero-order valence-electron chi connectivity index (χ0n) is 15.2. The molecule has 2 unspecified atom stereocenters. The van der Waals surface area contributed by atoms with Crippen molar-refractivity contribution in [1.82, 2.24) is 4.90 Å². The Kier molecular flexibility index (Phi) is 5.55. The van der Waals surface area contributed by atoms with Crippen LogP contribution in [0.1, 0.15) is 45.1 Å². The van der Waals surface area contributed by atoms with Gasteiger partial charge >= 0.3 is 0 Å². The molecule has 3 heteroatoms. The van der Waals surface area contributed by atoms with E-state index in [-0.39, 0.29) is 5.82 Å². The fourth-order valence-electron chi connectivity index (χ4n) is 3.66. The molecular formula is C22H28FNO. The van der Waals surface area contributed by atoms with Crippen molar-refractivity contribution >= 4 is 0 Å². The van der Waals surface area contributed by atoms with Crippen LogP contribution in [0.15, 0.2) is 48.5 Å². The molecule has 2 nitrogen and oxygen atoms in total. The zero-order chi connectivity index (χ0) is 17.9. The zero-order valence-corrected chi connectivity index (χ0v) is 15.2. The lowest BCUT2D eigenvalue weighted by Gasteiger charge is -2.35. The van der Waals surface area contributed by atoms with Crippen molar-refractivity contribution in [2.75, 3.05) is 13.1 Å². The predicted molar refractivity (Wildman–Crippen MR) is 101 cm³/mol. The molecule has 25 heavy (non-hydrogen) atoms. The normalized spacial score (nSPS) is 21.0. The van der Waals surface area contributed by atoms with Gasteiger partial charge < -0.3 is 10.0 Å². The van der Waals surface area contributed by atoms with Crippen LogP contribution >= 0.6 is 0 Å². The van der Waals surface area contributed by atoms with E-state index in [4.69, 9.17) is 0 Å². The summed E-state index contributed by atoms with van der Waals surface area (Å²) in [5, 5.41) is 10.9. The van der Waals surface area contributed by atoms with Crippen LogP contribution in [0.4, 0.5) is 4.39 Å². The van der Waals surface area contributed by atoms with Crippen LogP contribution in [-0.2, 0) is 5.60 Å². The van der Waals surface area contributed by atoms with Gasteiger partial charge in [0.2, 0.25) is 0 Å². The summed E-state index contributed by atoms with van der Waals surface area (Å²) in [5.74, 6) is -0.227. The number of likely N-dealkylation sites (tertiary alicyclic amines) is 1. The van der Waals surface area contributed by atoms with Crippen molar-refractivity contribution in [3.8, 4) is 11.1 Å². The number of benzene rings is 2. The molecule has 1 N–H and O–H groups in total. The maximum atomic E-state index is 13.1. The van der Waals surface area contributed by atoms with E-state index in [1.165, 1.54) is 31.4 Å². The number of hydrogen-bond donors (Lipinski definition) is 1. The van der Waals surface area contributed by atoms with Crippen molar-refractivity contribution in [2.24, 2.45) is 0 Å². The quantitative estimate of drug-likeness (QED) is 0.830. The molecule has 1 saturated heterocycles. The minimum atomic E-state index is -0.835. The Morgan fingerprint density at radius 2 is 1.64 bits per heavy atom. The standard InChI is InChI=1S/C22H28FNO/c1-17-5-3-4-15-24(17)16-14-22(2,25)20-10-6-18(7-11-20)19-8-12-21(23)13-9-19/h6-13,17,25H,3-5,14-16H2,1-2H3. The highest BCUT2D eigenvalue weighted by atomic mass is 19.1. The number of piperidine rings is 1. The second-order valence-corrected chi connectivity index (χ2v) is 7.49.